The van der Waals surface area contributed by atoms with Crippen molar-refractivity contribution in [2.45, 2.75) is 41.5 Å². The maximum absolute atomic E-state index is 12.4. The van der Waals surface area contributed by atoms with E-state index in [2.05, 4.69) is 41.0 Å². The van der Waals surface area contributed by atoms with Crippen LogP contribution >= 0.6 is 23.4 Å². The van der Waals surface area contributed by atoms with Crippen molar-refractivity contribution in [2.75, 3.05) is 13.6 Å². The average Bonchev–Trinajstić information content (AvgIpc) is 3.12. The van der Waals surface area contributed by atoms with Crippen LogP contribution in [0.4, 0.5) is 0 Å². The third-order valence-corrected chi connectivity index (χ3v) is 7.60. The number of thioether (sulfide) groups is 1. The Morgan fingerprint density at radius 3 is 2.85 bits per heavy atom. The van der Waals surface area contributed by atoms with Gasteiger partial charge in [0.2, 0.25) is 5.91 Å². The predicted molar refractivity (Wildman–Crippen MR) is 107 cm³/mol. The Morgan fingerprint density at radius 2 is 2.12 bits per heavy atom. The van der Waals surface area contributed by atoms with Gasteiger partial charge in [0.05, 0.1) is 16.7 Å². The van der Waals surface area contributed by atoms with E-state index >= 15 is 0 Å². The second kappa shape index (κ2) is 7.55. The van der Waals surface area contributed by atoms with Gasteiger partial charge in [0.25, 0.3) is 0 Å². The van der Waals surface area contributed by atoms with Gasteiger partial charge in [0, 0.05) is 17.9 Å². The molecule has 1 amide bonds. The van der Waals surface area contributed by atoms with E-state index in [-0.39, 0.29) is 40.3 Å². The second-order valence-corrected chi connectivity index (χ2v) is 9.13. The Hall–Kier alpha value is -1.01. The monoisotopic (exact) mass is 392 g/mol. The molecule has 3 N–H and O–H groups in total. The zero-order valence-electron chi connectivity index (χ0n) is 14.8. The minimum Gasteiger partial charge on any atom is -0.392 e. The highest BCUT2D eigenvalue weighted by molar-refractivity contribution is 8.03. The summed E-state index contributed by atoms with van der Waals surface area (Å²) in [6, 6.07) is 8.49. The zero-order chi connectivity index (χ0) is 18.3. The molecule has 1 aliphatic carbocycles. The van der Waals surface area contributed by atoms with Crippen LogP contribution < -0.4 is 10.6 Å². The summed E-state index contributed by atoms with van der Waals surface area (Å²) in [6.45, 7) is 0.946. The first-order valence-electron chi connectivity index (χ1n) is 9.28. The van der Waals surface area contributed by atoms with Crippen LogP contribution in [0.15, 0.2) is 35.7 Å². The number of nitrogens with one attached hydrogen (secondary N) is 2. The SMILES string of the molecule is CNCCc1ccc(C2C(O)CC(Cl)C3NC(=O)C4SC=CC4C32)cc1. The van der Waals surface area contributed by atoms with Gasteiger partial charge in [-0.2, -0.15) is 0 Å². The first kappa shape index (κ1) is 18.4. The molecule has 7 atom stereocenters. The van der Waals surface area contributed by atoms with Crippen molar-refractivity contribution in [3.05, 3.63) is 46.9 Å². The lowest BCUT2D eigenvalue weighted by molar-refractivity contribution is -0.126. The lowest BCUT2D eigenvalue weighted by Crippen LogP contribution is -2.63. The summed E-state index contributed by atoms with van der Waals surface area (Å²) in [5.74, 6) is 0.321. The van der Waals surface area contributed by atoms with E-state index in [1.165, 1.54) is 5.56 Å². The summed E-state index contributed by atoms with van der Waals surface area (Å²) in [7, 11) is 1.95. The molecule has 2 heterocycles. The Bertz CT molecular complexity index is 696. The molecule has 1 aromatic rings. The molecule has 6 heteroatoms. The standard InChI is InChI=1S/C20H25ClN2O2S/c1-22-8-6-11-2-4-12(5-3-11)16-15(24)10-14(21)18-17(16)13-7-9-26-19(13)20(25)23-18/h2-5,7,9,13-19,22,24H,6,8,10H2,1H3,(H,23,25). The van der Waals surface area contributed by atoms with Crippen molar-refractivity contribution in [1.29, 1.82) is 0 Å². The third kappa shape index (κ3) is 3.19. The van der Waals surface area contributed by atoms with Crippen molar-refractivity contribution in [1.82, 2.24) is 10.6 Å². The van der Waals surface area contributed by atoms with E-state index < -0.39 is 6.10 Å². The van der Waals surface area contributed by atoms with Gasteiger partial charge < -0.3 is 15.7 Å². The van der Waals surface area contributed by atoms with Crippen LogP contribution in [-0.4, -0.2) is 47.4 Å². The van der Waals surface area contributed by atoms with Gasteiger partial charge in [-0.05, 0) is 48.9 Å². The number of alkyl halides is 1. The molecule has 4 nitrogen and oxygen atoms in total. The summed E-state index contributed by atoms with van der Waals surface area (Å²) >= 11 is 8.14. The van der Waals surface area contributed by atoms with E-state index in [4.69, 9.17) is 11.6 Å². The molecule has 1 aromatic carbocycles. The number of rotatable bonds is 4. The lowest BCUT2D eigenvalue weighted by atomic mass is 9.63. The van der Waals surface area contributed by atoms with Gasteiger partial charge in [-0.15, -0.1) is 23.4 Å². The van der Waals surface area contributed by atoms with Gasteiger partial charge in [-0.1, -0.05) is 30.3 Å². The highest BCUT2D eigenvalue weighted by Crippen LogP contribution is 2.51. The Labute approximate surface area is 163 Å². The quantitative estimate of drug-likeness (QED) is 0.688. The highest BCUT2D eigenvalue weighted by atomic mass is 35.5. The van der Waals surface area contributed by atoms with E-state index in [9.17, 15) is 9.90 Å². The number of carbonyl (C=O) groups is 1. The number of hydrogen-bond donors (Lipinski definition) is 3. The number of fused-ring (bicyclic) bond motifs is 3. The molecule has 0 radical (unpaired) electrons. The summed E-state index contributed by atoms with van der Waals surface area (Å²) < 4.78 is 0. The molecule has 2 aliphatic heterocycles. The largest absolute Gasteiger partial charge is 0.392 e. The lowest BCUT2D eigenvalue weighted by Gasteiger charge is -2.50. The van der Waals surface area contributed by atoms with Crippen LogP contribution in [0.2, 0.25) is 0 Å². The Morgan fingerprint density at radius 1 is 1.35 bits per heavy atom. The molecule has 3 aliphatic rings. The molecule has 0 aromatic heterocycles. The van der Waals surface area contributed by atoms with Crippen LogP contribution in [0, 0.1) is 11.8 Å². The molecule has 4 rings (SSSR count). The maximum Gasteiger partial charge on any atom is 0.234 e. The van der Waals surface area contributed by atoms with Crippen LogP contribution in [0.1, 0.15) is 23.5 Å². The summed E-state index contributed by atoms with van der Waals surface area (Å²) in [4.78, 5) is 12.4. The fourth-order valence-electron chi connectivity index (χ4n) is 4.76. The van der Waals surface area contributed by atoms with Crippen molar-refractivity contribution in [2.24, 2.45) is 11.8 Å². The molecule has 0 spiro atoms. The molecule has 1 saturated heterocycles. The van der Waals surface area contributed by atoms with E-state index in [0.29, 0.717) is 6.42 Å². The minimum atomic E-state index is -0.489. The fourth-order valence-corrected chi connectivity index (χ4v) is 6.26. The molecule has 7 unspecified atom stereocenters. The Kier molecular flexibility index (Phi) is 5.33. The number of aliphatic hydroxyl groups is 1. The summed E-state index contributed by atoms with van der Waals surface area (Å²) in [6.07, 6.45) is 3.14. The van der Waals surface area contributed by atoms with Crippen molar-refractivity contribution in [3.63, 3.8) is 0 Å². The van der Waals surface area contributed by atoms with E-state index in [1.807, 2.05) is 12.5 Å². The molecule has 0 bridgehead atoms. The number of benzene rings is 1. The van der Waals surface area contributed by atoms with E-state index in [0.717, 1.165) is 18.5 Å². The van der Waals surface area contributed by atoms with Crippen LogP contribution in [0.3, 0.4) is 0 Å². The number of likely N-dealkylation sites (N-methyl/N-ethyl adjacent to an activating group) is 1. The summed E-state index contributed by atoms with van der Waals surface area (Å²) in [5, 5.41) is 18.9. The third-order valence-electron chi connectivity index (χ3n) is 6.02. The van der Waals surface area contributed by atoms with Crippen molar-refractivity contribution in [3.8, 4) is 0 Å². The number of halogens is 1. The highest BCUT2D eigenvalue weighted by Gasteiger charge is 2.54. The van der Waals surface area contributed by atoms with E-state index in [1.54, 1.807) is 11.8 Å². The molecular formula is C20H25ClN2O2S. The predicted octanol–water partition coefficient (Wildman–Crippen LogP) is 2.26. The van der Waals surface area contributed by atoms with Crippen molar-refractivity contribution >= 4 is 29.3 Å². The molecule has 2 fully saturated rings. The number of aliphatic hydroxyl groups excluding tert-OH is 1. The first-order valence-corrected chi connectivity index (χ1v) is 10.7. The topological polar surface area (TPSA) is 61.4 Å². The van der Waals surface area contributed by atoms with Gasteiger partial charge in [-0.3, -0.25) is 4.79 Å². The molecule has 1 saturated carbocycles. The first-order chi connectivity index (χ1) is 12.6. The second-order valence-electron chi connectivity index (χ2n) is 7.51. The fraction of sp³-hybridized carbons (Fsp3) is 0.550. The molecule has 140 valence electrons. The van der Waals surface area contributed by atoms with Crippen LogP contribution in [0.25, 0.3) is 0 Å². The Balaban J connectivity index is 1.65. The number of hydrogen-bond acceptors (Lipinski definition) is 4. The van der Waals surface area contributed by atoms with Gasteiger partial charge in [0.1, 0.15) is 0 Å². The summed E-state index contributed by atoms with van der Waals surface area (Å²) in [5.41, 5.74) is 2.43. The van der Waals surface area contributed by atoms with Crippen molar-refractivity contribution < 1.29 is 9.90 Å². The molecule has 26 heavy (non-hydrogen) atoms. The van der Waals surface area contributed by atoms with Crippen LogP contribution in [0.5, 0.6) is 0 Å². The smallest absolute Gasteiger partial charge is 0.234 e. The number of carbonyl (C=O) groups excluding carboxylic acids is 1. The maximum atomic E-state index is 12.4. The van der Waals surface area contributed by atoms with Gasteiger partial charge in [0.15, 0.2) is 0 Å². The average molecular weight is 393 g/mol. The van der Waals surface area contributed by atoms with Gasteiger partial charge in [-0.25, -0.2) is 0 Å². The zero-order valence-corrected chi connectivity index (χ0v) is 16.3. The number of amides is 1. The molecular weight excluding hydrogens is 368 g/mol. The normalized spacial score (nSPS) is 38.6. The minimum absolute atomic E-state index is 0.00944. The van der Waals surface area contributed by atoms with Crippen LogP contribution in [-0.2, 0) is 11.2 Å². The number of piperidine rings is 1. The van der Waals surface area contributed by atoms with Gasteiger partial charge >= 0.3 is 0 Å². The number of allylic oxidation sites excluding steroid dienone is 1.